The maximum atomic E-state index is 5.42. The van der Waals surface area contributed by atoms with E-state index in [2.05, 4.69) is 24.4 Å². The lowest BCUT2D eigenvalue weighted by Crippen LogP contribution is -2.17. The molecule has 1 aliphatic heterocycles. The number of hydrogen-bond acceptors (Lipinski definition) is 2. The van der Waals surface area contributed by atoms with Crippen molar-refractivity contribution in [3.05, 3.63) is 23.8 Å². The molecular weight excluding hydrogens is 174 g/mol. The number of benzene rings is 1. The fourth-order valence-electron chi connectivity index (χ4n) is 1.25. The molecule has 0 unspecified atom stereocenters. The van der Waals surface area contributed by atoms with Crippen LogP contribution < -0.4 is 10.1 Å². The van der Waals surface area contributed by atoms with Crippen LogP contribution in [0.15, 0.2) is 18.2 Å². The van der Waals surface area contributed by atoms with E-state index in [4.69, 9.17) is 4.74 Å². The Kier molecular flexibility index (Phi) is 2.82. The maximum Gasteiger partial charge on any atom is 0.142 e. The highest BCUT2D eigenvalue weighted by molar-refractivity contribution is 5.85. The Labute approximate surface area is 78.3 Å². The first-order valence-electron chi connectivity index (χ1n) is 3.83. The van der Waals surface area contributed by atoms with Gasteiger partial charge < -0.3 is 10.1 Å². The molecule has 0 aliphatic carbocycles. The van der Waals surface area contributed by atoms with Crippen molar-refractivity contribution in [3.63, 3.8) is 0 Å². The van der Waals surface area contributed by atoms with Crippen LogP contribution >= 0.6 is 12.4 Å². The van der Waals surface area contributed by atoms with E-state index in [0.29, 0.717) is 0 Å². The quantitative estimate of drug-likeness (QED) is 0.669. The molecule has 0 amide bonds. The zero-order valence-electron chi connectivity index (χ0n) is 6.96. The van der Waals surface area contributed by atoms with Gasteiger partial charge in [-0.15, -0.1) is 12.4 Å². The summed E-state index contributed by atoms with van der Waals surface area (Å²) in [4.78, 5) is 0. The minimum Gasteiger partial charge on any atom is -0.490 e. The first-order chi connectivity index (χ1) is 5.36. The number of fused-ring (bicyclic) bond motifs is 1. The van der Waals surface area contributed by atoms with Crippen LogP contribution in [0.3, 0.4) is 0 Å². The van der Waals surface area contributed by atoms with E-state index in [0.717, 1.165) is 24.6 Å². The molecule has 1 heterocycles. The van der Waals surface area contributed by atoms with Crippen molar-refractivity contribution in [2.45, 2.75) is 6.92 Å². The van der Waals surface area contributed by atoms with E-state index in [9.17, 15) is 0 Å². The van der Waals surface area contributed by atoms with E-state index >= 15 is 0 Å². The smallest absolute Gasteiger partial charge is 0.142 e. The molecule has 2 nitrogen and oxygen atoms in total. The lowest BCUT2D eigenvalue weighted by atomic mass is 10.2. The number of ether oxygens (including phenoxy) is 1. The monoisotopic (exact) mass is 185 g/mol. The van der Waals surface area contributed by atoms with Crippen molar-refractivity contribution in [1.29, 1.82) is 0 Å². The summed E-state index contributed by atoms with van der Waals surface area (Å²) in [5.74, 6) is 0.974. The van der Waals surface area contributed by atoms with Crippen molar-refractivity contribution in [1.82, 2.24) is 0 Å². The van der Waals surface area contributed by atoms with Crippen molar-refractivity contribution in [3.8, 4) is 5.75 Å². The van der Waals surface area contributed by atoms with Gasteiger partial charge in [-0.05, 0) is 24.6 Å². The van der Waals surface area contributed by atoms with Gasteiger partial charge in [-0.25, -0.2) is 0 Å². The van der Waals surface area contributed by atoms with E-state index in [-0.39, 0.29) is 12.4 Å². The Hall–Kier alpha value is -0.890. The first-order valence-corrected chi connectivity index (χ1v) is 3.83. The molecule has 0 fully saturated rings. The average Bonchev–Trinajstić information content (AvgIpc) is 2.04. The maximum absolute atomic E-state index is 5.42. The van der Waals surface area contributed by atoms with Gasteiger partial charge in [0.1, 0.15) is 12.4 Å². The highest BCUT2D eigenvalue weighted by atomic mass is 35.5. The largest absolute Gasteiger partial charge is 0.490 e. The Morgan fingerprint density at radius 2 is 2.25 bits per heavy atom. The lowest BCUT2D eigenvalue weighted by molar-refractivity contribution is 0.323. The Bertz CT molecular complexity index is 275. The normalized spacial score (nSPS) is 13.4. The summed E-state index contributed by atoms with van der Waals surface area (Å²) < 4.78 is 5.42. The molecule has 0 radical (unpaired) electrons. The van der Waals surface area contributed by atoms with E-state index in [1.54, 1.807) is 0 Å². The summed E-state index contributed by atoms with van der Waals surface area (Å²) in [6, 6.07) is 6.18. The molecule has 1 aliphatic rings. The second-order valence-corrected chi connectivity index (χ2v) is 2.77. The third-order valence-corrected chi connectivity index (χ3v) is 1.81. The van der Waals surface area contributed by atoms with Crippen LogP contribution in [0.1, 0.15) is 5.56 Å². The van der Waals surface area contributed by atoms with Crippen LogP contribution in [0.2, 0.25) is 0 Å². The third-order valence-electron chi connectivity index (χ3n) is 1.81. The molecule has 0 bridgehead atoms. The van der Waals surface area contributed by atoms with E-state index in [1.807, 2.05) is 6.07 Å². The summed E-state index contributed by atoms with van der Waals surface area (Å²) >= 11 is 0. The molecule has 3 heteroatoms. The summed E-state index contributed by atoms with van der Waals surface area (Å²) in [5, 5.41) is 3.28. The molecule has 0 saturated heterocycles. The molecule has 0 saturated carbocycles. The second-order valence-electron chi connectivity index (χ2n) is 2.77. The molecule has 1 N–H and O–H groups in total. The van der Waals surface area contributed by atoms with Gasteiger partial charge in [0.25, 0.3) is 0 Å². The Balaban J connectivity index is 0.000000720. The fraction of sp³-hybridized carbons (Fsp3) is 0.333. The Morgan fingerprint density at radius 1 is 1.42 bits per heavy atom. The predicted octanol–water partition coefficient (Wildman–Crippen LogP) is 2.22. The molecule has 66 valence electrons. The van der Waals surface area contributed by atoms with Crippen LogP contribution in [0.25, 0.3) is 0 Å². The minimum absolute atomic E-state index is 0. The molecule has 2 rings (SSSR count). The molecular formula is C9H12ClNO. The number of anilines is 1. The summed E-state index contributed by atoms with van der Waals surface area (Å²) in [6.45, 7) is 3.77. The number of halogens is 1. The second kappa shape index (κ2) is 3.68. The number of rotatable bonds is 0. The van der Waals surface area contributed by atoms with Crippen LogP contribution in [-0.2, 0) is 0 Å². The third kappa shape index (κ3) is 1.64. The SMILES string of the molecule is Cc1ccc2c(c1)NCCO2.Cl. The number of hydrogen-bond donors (Lipinski definition) is 1. The van der Waals surface area contributed by atoms with Crippen LogP contribution in [0, 0.1) is 6.92 Å². The van der Waals surface area contributed by atoms with Crippen LogP contribution in [-0.4, -0.2) is 13.2 Å². The molecule has 12 heavy (non-hydrogen) atoms. The zero-order valence-corrected chi connectivity index (χ0v) is 7.78. The van der Waals surface area contributed by atoms with Gasteiger partial charge in [0.05, 0.1) is 5.69 Å². The Morgan fingerprint density at radius 3 is 3.08 bits per heavy atom. The van der Waals surface area contributed by atoms with Crippen LogP contribution in [0.5, 0.6) is 5.75 Å². The van der Waals surface area contributed by atoms with E-state index in [1.165, 1.54) is 5.56 Å². The highest BCUT2D eigenvalue weighted by Crippen LogP contribution is 2.27. The van der Waals surface area contributed by atoms with E-state index < -0.39 is 0 Å². The molecule has 0 atom stereocenters. The summed E-state index contributed by atoms with van der Waals surface area (Å²) in [6.07, 6.45) is 0. The van der Waals surface area contributed by atoms with Crippen molar-refractivity contribution in [2.75, 3.05) is 18.5 Å². The topological polar surface area (TPSA) is 21.3 Å². The number of aryl methyl sites for hydroxylation is 1. The van der Waals surface area contributed by atoms with Crippen molar-refractivity contribution >= 4 is 18.1 Å². The van der Waals surface area contributed by atoms with Gasteiger partial charge >= 0.3 is 0 Å². The van der Waals surface area contributed by atoms with Gasteiger partial charge in [0, 0.05) is 6.54 Å². The predicted molar refractivity (Wildman–Crippen MR) is 52.4 cm³/mol. The van der Waals surface area contributed by atoms with Gasteiger partial charge in [-0.3, -0.25) is 0 Å². The van der Waals surface area contributed by atoms with Crippen molar-refractivity contribution < 1.29 is 4.74 Å². The first kappa shape index (κ1) is 9.20. The highest BCUT2D eigenvalue weighted by Gasteiger charge is 2.07. The van der Waals surface area contributed by atoms with Gasteiger partial charge in [-0.2, -0.15) is 0 Å². The minimum atomic E-state index is 0. The van der Waals surface area contributed by atoms with Crippen molar-refractivity contribution in [2.24, 2.45) is 0 Å². The summed E-state index contributed by atoms with van der Waals surface area (Å²) in [7, 11) is 0. The van der Waals surface area contributed by atoms with Gasteiger partial charge in [0.15, 0.2) is 0 Å². The fourth-order valence-corrected chi connectivity index (χ4v) is 1.25. The average molecular weight is 186 g/mol. The summed E-state index contributed by atoms with van der Waals surface area (Å²) in [5.41, 5.74) is 2.39. The lowest BCUT2D eigenvalue weighted by Gasteiger charge is -2.18. The number of nitrogens with one attached hydrogen (secondary N) is 1. The zero-order chi connectivity index (χ0) is 7.68. The van der Waals surface area contributed by atoms with Crippen LogP contribution in [0.4, 0.5) is 5.69 Å². The standard InChI is InChI=1S/C9H11NO.ClH/c1-7-2-3-9-8(6-7)10-4-5-11-9;/h2-3,6,10H,4-5H2,1H3;1H. The molecule has 0 spiro atoms. The molecule has 1 aromatic carbocycles. The van der Waals surface area contributed by atoms with Gasteiger partial charge in [0.2, 0.25) is 0 Å². The molecule has 0 aromatic heterocycles. The molecule has 1 aromatic rings. The van der Waals surface area contributed by atoms with Gasteiger partial charge in [-0.1, -0.05) is 6.07 Å².